The molecule has 110 valence electrons. The normalized spacial score (nSPS) is 10.4. The smallest absolute Gasteiger partial charge is 0.140 e. The molecule has 0 unspecified atom stereocenters. The van der Waals surface area contributed by atoms with Crippen LogP contribution in [-0.4, -0.2) is 12.4 Å². The number of halogens is 2. The summed E-state index contributed by atoms with van der Waals surface area (Å²) in [6.07, 6.45) is 0.506. The number of hydrogen-bond acceptors (Lipinski definition) is 2. The summed E-state index contributed by atoms with van der Waals surface area (Å²) in [4.78, 5) is 11.9. The number of ketones is 1. The van der Waals surface area contributed by atoms with Crippen LogP contribution in [0, 0.1) is 12.7 Å². The van der Waals surface area contributed by atoms with E-state index in [1.807, 2.05) is 31.2 Å². The van der Waals surface area contributed by atoms with Gasteiger partial charge in [-0.1, -0.05) is 28.1 Å². The highest BCUT2D eigenvalue weighted by Crippen LogP contribution is 2.19. The predicted molar refractivity (Wildman–Crippen MR) is 84.1 cm³/mol. The molecule has 0 spiro atoms. The van der Waals surface area contributed by atoms with Crippen LogP contribution in [0.25, 0.3) is 0 Å². The summed E-state index contributed by atoms with van der Waals surface area (Å²) < 4.78 is 19.4. The van der Waals surface area contributed by atoms with Crippen LogP contribution in [0.4, 0.5) is 4.39 Å². The van der Waals surface area contributed by atoms with Gasteiger partial charge in [-0.05, 0) is 48.4 Å². The number of ether oxygens (including phenoxy) is 1. The number of carbonyl (C=O) groups excluding carboxylic acids is 1. The molecule has 0 saturated heterocycles. The molecule has 0 bridgehead atoms. The van der Waals surface area contributed by atoms with Crippen molar-refractivity contribution in [3.05, 3.63) is 63.9 Å². The van der Waals surface area contributed by atoms with Crippen LogP contribution < -0.4 is 4.74 Å². The monoisotopic (exact) mass is 350 g/mol. The maximum atomic E-state index is 13.2. The lowest BCUT2D eigenvalue weighted by Crippen LogP contribution is -2.09. The van der Waals surface area contributed by atoms with Crippen molar-refractivity contribution in [2.75, 3.05) is 6.61 Å². The van der Waals surface area contributed by atoms with E-state index in [-0.39, 0.29) is 18.0 Å². The molecule has 0 aliphatic rings. The van der Waals surface area contributed by atoms with Gasteiger partial charge in [-0.25, -0.2) is 4.39 Å². The Kier molecular flexibility index (Phi) is 5.51. The predicted octanol–water partition coefficient (Wildman–Crippen LogP) is 4.48. The number of aryl methyl sites for hydroxylation is 1. The van der Waals surface area contributed by atoms with Gasteiger partial charge in [0.2, 0.25) is 0 Å². The van der Waals surface area contributed by atoms with Crippen LogP contribution in [0.1, 0.15) is 17.5 Å². The van der Waals surface area contributed by atoms with Crippen molar-refractivity contribution < 1.29 is 13.9 Å². The minimum absolute atomic E-state index is 0.0222. The minimum atomic E-state index is -0.336. The summed E-state index contributed by atoms with van der Waals surface area (Å²) in [6.45, 7) is 2.31. The van der Waals surface area contributed by atoms with Gasteiger partial charge in [0.15, 0.2) is 0 Å². The van der Waals surface area contributed by atoms with E-state index < -0.39 is 0 Å². The summed E-state index contributed by atoms with van der Waals surface area (Å²) in [5.41, 5.74) is 1.78. The average molecular weight is 351 g/mol. The zero-order chi connectivity index (χ0) is 15.2. The van der Waals surface area contributed by atoms with E-state index in [2.05, 4.69) is 15.9 Å². The van der Waals surface area contributed by atoms with Gasteiger partial charge in [-0.15, -0.1) is 0 Å². The molecule has 0 aliphatic carbocycles. The first-order chi connectivity index (χ1) is 10.0. The second kappa shape index (κ2) is 7.36. The summed E-state index contributed by atoms with van der Waals surface area (Å²) in [7, 11) is 0. The van der Waals surface area contributed by atoms with Crippen molar-refractivity contribution in [1.82, 2.24) is 0 Å². The fourth-order valence-corrected chi connectivity index (χ4v) is 2.35. The Balaban J connectivity index is 1.84. The lowest BCUT2D eigenvalue weighted by molar-refractivity contribution is -0.118. The topological polar surface area (TPSA) is 26.3 Å². The number of Topliss-reactive ketones (excluding diaryl/α,β-unsaturated/α-hetero) is 1. The van der Waals surface area contributed by atoms with Crippen molar-refractivity contribution in [3.63, 3.8) is 0 Å². The number of benzene rings is 2. The quantitative estimate of drug-likeness (QED) is 0.767. The van der Waals surface area contributed by atoms with Crippen LogP contribution in [0.5, 0.6) is 5.75 Å². The number of hydrogen-bond donors (Lipinski definition) is 0. The Morgan fingerprint density at radius 2 is 2.05 bits per heavy atom. The van der Waals surface area contributed by atoms with Crippen molar-refractivity contribution in [3.8, 4) is 5.75 Å². The molecule has 0 saturated carbocycles. The number of rotatable bonds is 6. The third-order valence-corrected chi connectivity index (χ3v) is 3.81. The Bertz CT molecular complexity index is 640. The molecule has 0 fully saturated rings. The first-order valence-electron chi connectivity index (χ1n) is 6.69. The van der Waals surface area contributed by atoms with Gasteiger partial charge in [0.1, 0.15) is 17.3 Å². The van der Waals surface area contributed by atoms with Gasteiger partial charge in [0.25, 0.3) is 0 Å². The number of carbonyl (C=O) groups is 1. The van der Waals surface area contributed by atoms with Crippen LogP contribution in [0.15, 0.2) is 46.9 Å². The van der Waals surface area contributed by atoms with Crippen LogP contribution in [-0.2, 0) is 11.2 Å². The molecule has 21 heavy (non-hydrogen) atoms. The zero-order valence-electron chi connectivity index (χ0n) is 11.7. The summed E-state index contributed by atoms with van der Waals surface area (Å²) in [5.74, 6) is 0.445. The van der Waals surface area contributed by atoms with Gasteiger partial charge in [-0.3, -0.25) is 4.79 Å². The van der Waals surface area contributed by atoms with Gasteiger partial charge in [0.05, 0.1) is 6.61 Å². The fourth-order valence-electron chi connectivity index (χ4n) is 1.97. The molecule has 0 aliphatic heterocycles. The first-order valence-corrected chi connectivity index (χ1v) is 7.49. The van der Waals surface area contributed by atoms with Gasteiger partial charge >= 0.3 is 0 Å². The molecule has 0 amide bonds. The molecule has 0 aromatic heterocycles. The lowest BCUT2D eigenvalue weighted by Gasteiger charge is -2.07. The van der Waals surface area contributed by atoms with Gasteiger partial charge < -0.3 is 4.74 Å². The second-order valence-corrected chi connectivity index (χ2v) is 5.72. The molecule has 0 atom stereocenters. The highest BCUT2D eigenvalue weighted by Gasteiger charge is 2.08. The van der Waals surface area contributed by atoms with E-state index >= 15 is 0 Å². The maximum Gasteiger partial charge on any atom is 0.140 e. The molecule has 2 rings (SSSR count). The highest BCUT2D eigenvalue weighted by molar-refractivity contribution is 9.10. The van der Waals surface area contributed by atoms with E-state index in [0.717, 1.165) is 15.8 Å². The molecule has 2 nitrogen and oxygen atoms in total. The maximum absolute atomic E-state index is 13.2. The van der Waals surface area contributed by atoms with Crippen LogP contribution in [0.3, 0.4) is 0 Å². The van der Waals surface area contributed by atoms with Crippen molar-refractivity contribution in [2.45, 2.75) is 19.8 Å². The molecule has 0 heterocycles. The summed E-state index contributed by atoms with van der Waals surface area (Å²) >= 11 is 3.32. The standard InChI is InChI=1S/C17H16BrFO2/c1-12-3-2-4-16(9-12)21-8-7-15(20)11-13-10-14(19)5-6-17(13)18/h2-6,9-10H,7-8,11H2,1H3. The largest absolute Gasteiger partial charge is 0.493 e. The Morgan fingerprint density at radius 3 is 2.81 bits per heavy atom. The first kappa shape index (κ1) is 15.7. The van der Waals surface area contributed by atoms with Gasteiger partial charge in [0, 0.05) is 17.3 Å². The summed E-state index contributed by atoms with van der Waals surface area (Å²) in [6, 6.07) is 12.0. The van der Waals surface area contributed by atoms with Gasteiger partial charge in [-0.2, -0.15) is 0 Å². The second-order valence-electron chi connectivity index (χ2n) is 4.87. The molecule has 2 aromatic rings. The molecule has 4 heteroatoms. The molecular weight excluding hydrogens is 335 g/mol. The third kappa shape index (κ3) is 4.97. The third-order valence-electron chi connectivity index (χ3n) is 3.03. The Morgan fingerprint density at radius 1 is 1.24 bits per heavy atom. The van der Waals surface area contributed by atoms with E-state index in [4.69, 9.17) is 4.74 Å². The van der Waals surface area contributed by atoms with Crippen LogP contribution in [0.2, 0.25) is 0 Å². The minimum Gasteiger partial charge on any atom is -0.493 e. The Labute approximate surface area is 132 Å². The lowest BCUT2D eigenvalue weighted by atomic mass is 10.1. The van der Waals surface area contributed by atoms with Crippen LogP contribution >= 0.6 is 15.9 Å². The van der Waals surface area contributed by atoms with Crippen molar-refractivity contribution in [2.24, 2.45) is 0 Å². The SMILES string of the molecule is Cc1cccc(OCCC(=O)Cc2cc(F)ccc2Br)c1. The highest BCUT2D eigenvalue weighted by atomic mass is 79.9. The summed E-state index contributed by atoms with van der Waals surface area (Å²) in [5, 5.41) is 0. The van der Waals surface area contributed by atoms with E-state index in [1.165, 1.54) is 12.1 Å². The zero-order valence-corrected chi connectivity index (χ0v) is 13.3. The van der Waals surface area contributed by atoms with Crippen molar-refractivity contribution in [1.29, 1.82) is 0 Å². The molecule has 0 N–H and O–H groups in total. The average Bonchev–Trinajstić information content (AvgIpc) is 2.43. The molecule has 2 aromatic carbocycles. The Hall–Kier alpha value is -1.68. The van der Waals surface area contributed by atoms with E-state index in [1.54, 1.807) is 6.07 Å². The van der Waals surface area contributed by atoms with E-state index in [9.17, 15) is 9.18 Å². The molecule has 0 radical (unpaired) electrons. The van der Waals surface area contributed by atoms with E-state index in [0.29, 0.717) is 18.6 Å². The fraction of sp³-hybridized carbons (Fsp3) is 0.235. The molecular formula is C17H16BrFO2. The van der Waals surface area contributed by atoms with Crippen molar-refractivity contribution >= 4 is 21.7 Å².